The van der Waals surface area contributed by atoms with E-state index in [9.17, 15) is 4.79 Å². The molecular formula is C17H18ClNO3S. The van der Waals surface area contributed by atoms with Crippen LogP contribution in [-0.4, -0.2) is 26.4 Å². The SMILES string of the molecule is COc1cc(Cl)c(NC(=O)c2ccc(CSC)cc2)cc1OC. The molecule has 1 N–H and O–H groups in total. The van der Waals surface area contributed by atoms with E-state index >= 15 is 0 Å². The quantitative estimate of drug-likeness (QED) is 0.834. The third-order valence-electron chi connectivity index (χ3n) is 3.25. The van der Waals surface area contributed by atoms with Gasteiger partial charge in [-0.05, 0) is 24.0 Å². The second-order valence-electron chi connectivity index (χ2n) is 4.77. The highest BCUT2D eigenvalue weighted by Crippen LogP contribution is 2.36. The molecule has 6 heteroatoms. The van der Waals surface area contributed by atoms with Crippen LogP contribution in [-0.2, 0) is 5.75 Å². The highest BCUT2D eigenvalue weighted by Gasteiger charge is 2.13. The molecule has 23 heavy (non-hydrogen) atoms. The van der Waals surface area contributed by atoms with Crippen LogP contribution in [0.25, 0.3) is 0 Å². The molecule has 0 spiro atoms. The summed E-state index contributed by atoms with van der Waals surface area (Å²) in [6, 6.07) is 10.7. The van der Waals surface area contributed by atoms with E-state index in [1.807, 2.05) is 18.4 Å². The molecule has 2 aromatic carbocycles. The van der Waals surface area contributed by atoms with Crippen LogP contribution in [0.3, 0.4) is 0 Å². The fourth-order valence-electron chi connectivity index (χ4n) is 2.06. The van der Waals surface area contributed by atoms with Gasteiger partial charge in [-0.15, -0.1) is 0 Å². The molecule has 0 heterocycles. The van der Waals surface area contributed by atoms with Crippen LogP contribution >= 0.6 is 23.4 Å². The molecule has 0 fully saturated rings. The maximum absolute atomic E-state index is 12.3. The lowest BCUT2D eigenvalue weighted by molar-refractivity contribution is 0.102. The summed E-state index contributed by atoms with van der Waals surface area (Å²) >= 11 is 7.92. The van der Waals surface area contributed by atoms with E-state index in [0.717, 1.165) is 5.75 Å². The van der Waals surface area contributed by atoms with Gasteiger partial charge in [0.05, 0.1) is 24.9 Å². The van der Waals surface area contributed by atoms with Gasteiger partial charge in [0.2, 0.25) is 0 Å². The Morgan fingerprint density at radius 3 is 2.30 bits per heavy atom. The third-order valence-corrected chi connectivity index (χ3v) is 4.18. The molecule has 0 radical (unpaired) electrons. The molecule has 0 aliphatic rings. The Morgan fingerprint density at radius 2 is 1.74 bits per heavy atom. The molecule has 0 bridgehead atoms. The van der Waals surface area contributed by atoms with Gasteiger partial charge in [-0.1, -0.05) is 23.7 Å². The molecular weight excluding hydrogens is 334 g/mol. The van der Waals surface area contributed by atoms with E-state index in [1.54, 1.807) is 36.0 Å². The fourth-order valence-corrected chi connectivity index (χ4v) is 2.79. The van der Waals surface area contributed by atoms with Gasteiger partial charge >= 0.3 is 0 Å². The number of thioether (sulfide) groups is 1. The summed E-state index contributed by atoms with van der Waals surface area (Å²) in [5.74, 6) is 1.71. The van der Waals surface area contributed by atoms with Crippen LogP contribution in [0.2, 0.25) is 5.02 Å². The molecule has 0 atom stereocenters. The first kappa shape index (κ1) is 17.5. The van der Waals surface area contributed by atoms with Gasteiger partial charge in [0.25, 0.3) is 5.91 Å². The Hall–Kier alpha value is -1.85. The van der Waals surface area contributed by atoms with Crippen LogP contribution in [0.4, 0.5) is 5.69 Å². The van der Waals surface area contributed by atoms with Gasteiger partial charge < -0.3 is 14.8 Å². The van der Waals surface area contributed by atoms with Gasteiger partial charge in [-0.2, -0.15) is 11.8 Å². The van der Waals surface area contributed by atoms with Gasteiger partial charge in [0, 0.05) is 23.4 Å². The second-order valence-corrected chi connectivity index (χ2v) is 6.04. The minimum absolute atomic E-state index is 0.227. The molecule has 0 aliphatic heterocycles. The van der Waals surface area contributed by atoms with Crippen LogP contribution in [0.15, 0.2) is 36.4 Å². The number of nitrogens with one attached hydrogen (secondary N) is 1. The number of anilines is 1. The van der Waals surface area contributed by atoms with Crippen molar-refractivity contribution in [1.29, 1.82) is 0 Å². The monoisotopic (exact) mass is 351 g/mol. The zero-order chi connectivity index (χ0) is 16.8. The minimum atomic E-state index is -0.227. The average Bonchev–Trinajstić information content (AvgIpc) is 2.57. The fraction of sp³-hybridized carbons (Fsp3) is 0.235. The number of benzene rings is 2. The molecule has 0 aromatic heterocycles. The smallest absolute Gasteiger partial charge is 0.255 e. The normalized spacial score (nSPS) is 10.3. The van der Waals surface area contributed by atoms with Gasteiger partial charge in [0.15, 0.2) is 11.5 Å². The van der Waals surface area contributed by atoms with Crippen LogP contribution in [0.5, 0.6) is 11.5 Å². The number of halogens is 1. The number of rotatable bonds is 6. The predicted octanol–water partition coefficient (Wildman–Crippen LogP) is 4.47. The number of amides is 1. The van der Waals surface area contributed by atoms with E-state index < -0.39 is 0 Å². The summed E-state index contributed by atoms with van der Waals surface area (Å²) in [5, 5.41) is 3.18. The summed E-state index contributed by atoms with van der Waals surface area (Å²) in [6.45, 7) is 0. The van der Waals surface area contributed by atoms with E-state index in [2.05, 4.69) is 5.32 Å². The summed E-state index contributed by atoms with van der Waals surface area (Å²) in [4.78, 5) is 12.3. The highest BCUT2D eigenvalue weighted by molar-refractivity contribution is 7.97. The van der Waals surface area contributed by atoms with E-state index in [0.29, 0.717) is 27.8 Å². The van der Waals surface area contributed by atoms with Crippen LogP contribution in [0, 0.1) is 0 Å². The van der Waals surface area contributed by atoms with Crippen molar-refractivity contribution < 1.29 is 14.3 Å². The van der Waals surface area contributed by atoms with Crippen molar-refractivity contribution in [3.05, 3.63) is 52.5 Å². The van der Waals surface area contributed by atoms with Gasteiger partial charge in [-0.25, -0.2) is 0 Å². The zero-order valence-electron chi connectivity index (χ0n) is 13.2. The number of carbonyl (C=O) groups excluding carboxylic acids is 1. The second kappa shape index (κ2) is 8.13. The Morgan fingerprint density at radius 1 is 1.13 bits per heavy atom. The third kappa shape index (κ3) is 4.33. The lowest BCUT2D eigenvalue weighted by Crippen LogP contribution is -2.12. The average molecular weight is 352 g/mol. The lowest BCUT2D eigenvalue weighted by Gasteiger charge is -2.12. The van der Waals surface area contributed by atoms with Crippen molar-refractivity contribution in [2.45, 2.75) is 5.75 Å². The largest absolute Gasteiger partial charge is 0.493 e. The first-order chi connectivity index (χ1) is 11.1. The first-order valence-electron chi connectivity index (χ1n) is 6.89. The maximum Gasteiger partial charge on any atom is 0.255 e. The summed E-state index contributed by atoms with van der Waals surface area (Å²) in [5.41, 5.74) is 2.22. The topological polar surface area (TPSA) is 47.6 Å². The van der Waals surface area contributed by atoms with Crippen LogP contribution < -0.4 is 14.8 Å². The lowest BCUT2D eigenvalue weighted by atomic mass is 10.1. The molecule has 2 aromatic rings. The van der Waals surface area contributed by atoms with E-state index in [4.69, 9.17) is 21.1 Å². The molecule has 4 nitrogen and oxygen atoms in total. The van der Waals surface area contributed by atoms with Crippen LogP contribution in [0.1, 0.15) is 15.9 Å². The number of hydrogen-bond donors (Lipinski definition) is 1. The van der Waals surface area contributed by atoms with Crippen molar-refractivity contribution in [3.63, 3.8) is 0 Å². The molecule has 0 saturated carbocycles. The first-order valence-corrected chi connectivity index (χ1v) is 8.67. The number of methoxy groups -OCH3 is 2. The van der Waals surface area contributed by atoms with Crippen molar-refractivity contribution in [3.8, 4) is 11.5 Å². The van der Waals surface area contributed by atoms with Crippen molar-refractivity contribution in [2.24, 2.45) is 0 Å². The van der Waals surface area contributed by atoms with Crippen molar-refractivity contribution in [1.82, 2.24) is 0 Å². The number of ether oxygens (including phenoxy) is 2. The minimum Gasteiger partial charge on any atom is -0.493 e. The molecule has 122 valence electrons. The summed E-state index contributed by atoms with van der Waals surface area (Å²) in [7, 11) is 3.06. The number of carbonyl (C=O) groups is 1. The van der Waals surface area contributed by atoms with Crippen molar-refractivity contribution in [2.75, 3.05) is 25.8 Å². The molecule has 0 unspecified atom stereocenters. The Balaban J connectivity index is 2.19. The van der Waals surface area contributed by atoms with E-state index in [-0.39, 0.29) is 5.91 Å². The Labute approximate surface area is 145 Å². The Bertz CT molecular complexity index is 689. The van der Waals surface area contributed by atoms with Gasteiger partial charge in [-0.3, -0.25) is 4.79 Å². The molecule has 0 aliphatic carbocycles. The number of hydrogen-bond acceptors (Lipinski definition) is 4. The predicted molar refractivity (Wildman–Crippen MR) is 96.2 cm³/mol. The molecule has 1 amide bonds. The van der Waals surface area contributed by atoms with Gasteiger partial charge in [0.1, 0.15) is 0 Å². The maximum atomic E-state index is 12.3. The standard InChI is InChI=1S/C17H18ClNO3S/c1-21-15-8-13(18)14(9-16(15)22-2)19-17(20)12-6-4-11(5-7-12)10-23-3/h4-9H,10H2,1-3H3,(H,19,20). The zero-order valence-corrected chi connectivity index (χ0v) is 14.8. The molecule has 2 rings (SSSR count). The highest BCUT2D eigenvalue weighted by atomic mass is 35.5. The Kier molecular flexibility index (Phi) is 6.19. The van der Waals surface area contributed by atoms with Crippen molar-refractivity contribution >= 4 is 35.0 Å². The van der Waals surface area contributed by atoms with E-state index in [1.165, 1.54) is 19.8 Å². The summed E-state index contributed by atoms with van der Waals surface area (Å²) in [6.07, 6.45) is 2.04. The molecule has 0 saturated heterocycles. The summed E-state index contributed by atoms with van der Waals surface area (Å²) < 4.78 is 10.4.